The van der Waals surface area contributed by atoms with E-state index in [-0.39, 0.29) is 33.8 Å². The molecule has 0 fully saturated rings. The van der Waals surface area contributed by atoms with Crippen molar-refractivity contribution in [1.29, 1.82) is 0 Å². The lowest BCUT2D eigenvalue weighted by molar-refractivity contribution is -0.118. The van der Waals surface area contributed by atoms with Gasteiger partial charge < -0.3 is 15.2 Å². The molecule has 2 N–H and O–H groups in total. The van der Waals surface area contributed by atoms with Crippen molar-refractivity contribution in [3.05, 3.63) is 40.2 Å². The summed E-state index contributed by atoms with van der Waals surface area (Å²) in [7, 11) is 3.04. The fourth-order valence-electron chi connectivity index (χ4n) is 2.16. The van der Waals surface area contributed by atoms with Crippen LogP contribution in [0, 0.1) is 0 Å². The number of nitrogens with zero attached hydrogens (tertiary/aromatic N) is 2. The molecular weight excluding hydrogens is 330 g/mol. The van der Waals surface area contributed by atoms with Gasteiger partial charge in [-0.2, -0.15) is 4.98 Å². The van der Waals surface area contributed by atoms with Crippen LogP contribution in [-0.4, -0.2) is 40.5 Å². The van der Waals surface area contributed by atoms with Crippen LogP contribution >= 0.6 is 11.8 Å². The van der Waals surface area contributed by atoms with Gasteiger partial charge in [-0.25, -0.2) is 0 Å². The number of methoxy groups -OCH3 is 1. The number of ether oxygens (including phenoxy) is 1. The third kappa shape index (κ3) is 3.53. The molecule has 0 radical (unpaired) electrons. The highest BCUT2D eigenvalue weighted by molar-refractivity contribution is 7.99. The monoisotopic (exact) mass is 349 g/mol. The molecule has 0 aliphatic carbocycles. The molecule has 7 nitrogen and oxygen atoms in total. The van der Waals surface area contributed by atoms with Crippen LogP contribution in [0.15, 0.2) is 34.2 Å². The first-order valence-corrected chi connectivity index (χ1v) is 8.33. The van der Waals surface area contributed by atoms with Gasteiger partial charge in [-0.3, -0.25) is 14.2 Å². The lowest BCUT2D eigenvalue weighted by Gasteiger charge is -2.16. The van der Waals surface area contributed by atoms with Gasteiger partial charge in [0.1, 0.15) is 5.75 Å². The average Bonchev–Trinajstić information content (AvgIpc) is 2.59. The molecule has 1 aromatic heterocycles. The summed E-state index contributed by atoms with van der Waals surface area (Å²) < 4.78 is 6.69. The minimum Gasteiger partial charge on any atom is -0.495 e. The van der Waals surface area contributed by atoms with E-state index in [9.17, 15) is 14.7 Å². The molecule has 8 heteroatoms. The molecule has 1 heterocycles. The Balaban J connectivity index is 2.66. The maximum atomic E-state index is 12.8. The van der Waals surface area contributed by atoms with E-state index >= 15 is 0 Å². The number of para-hydroxylation sites is 2. The Hall–Kier alpha value is -2.48. The minimum atomic E-state index is -0.381. The van der Waals surface area contributed by atoms with Gasteiger partial charge in [-0.15, -0.1) is 0 Å². The Morgan fingerprint density at radius 2 is 2.12 bits per heavy atom. The summed E-state index contributed by atoms with van der Waals surface area (Å²) in [6.07, 6.45) is 0.340. The van der Waals surface area contributed by atoms with Crippen molar-refractivity contribution >= 4 is 17.7 Å². The highest BCUT2D eigenvalue weighted by Gasteiger charge is 2.19. The fourth-order valence-corrected chi connectivity index (χ4v) is 3.03. The number of carbonyl (C=O) groups excluding carboxylic acids is 1. The predicted octanol–water partition coefficient (Wildman–Crippen LogP) is 1.35. The van der Waals surface area contributed by atoms with Gasteiger partial charge in [0.05, 0.1) is 24.1 Å². The second kappa shape index (κ2) is 7.87. The smallest absolute Gasteiger partial charge is 0.265 e. The molecule has 0 unspecified atom stereocenters. The van der Waals surface area contributed by atoms with Crippen molar-refractivity contribution in [2.45, 2.75) is 18.5 Å². The lowest BCUT2D eigenvalue weighted by Crippen LogP contribution is -2.26. The van der Waals surface area contributed by atoms with Crippen molar-refractivity contribution in [3.8, 4) is 17.3 Å². The summed E-state index contributed by atoms with van der Waals surface area (Å²) in [5.74, 6) is 0.0482. The van der Waals surface area contributed by atoms with Gasteiger partial charge in [-0.05, 0) is 18.6 Å². The summed E-state index contributed by atoms with van der Waals surface area (Å²) >= 11 is 1.07. The maximum absolute atomic E-state index is 12.8. The lowest BCUT2D eigenvalue weighted by atomic mass is 10.2. The van der Waals surface area contributed by atoms with Gasteiger partial charge in [0.2, 0.25) is 11.8 Å². The summed E-state index contributed by atoms with van der Waals surface area (Å²) in [5.41, 5.74) is 0.339. The van der Waals surface area contributed by atoms with E-state index in [1.165, 1.54) is 18.7 Å². The number of benzene rings is 1. The molecule has 1 amide bonds. The van der Waals surface area contributed by atoms with Crippen LogP contribution in [0.25, 0.3) is 5.69 Å². The van der Waals surface area contributed by atoms with Crippen LogP contribution in [0.2, 0.25) is 0 Å². The van der Waals surface area contributed by atoms with Crippen molar-refractivity contribution in [2.24, 2.45) is 0 Å². The van der Waals surface area contributed by atoms with Crippen molar-refractivity contribution in [3.63, 3.8) is 0 Å². The zero-order valence-electron chi connectivity index (χ0n) is 13.7. The molecule has 0 aliphatic rings. The first kappa shape index (κ1) is 17.9. The van der Waals surface area contributed by atoms with E-state index in [0.29, 0.717) is 17.9 Å². The summed E-state index contributed by atoms with van der Waals surface area (Å²) in [6.45, 7) is 1.77. The normalized spacial score (nSPS) is 10.5. The van der Waals surface area contributed by atoms with E-state index in [1.54, 1.807) is 31.2 Å². The molecular formula is C16H19N3O4S. The molecule has 0 spiro atoms. The first-order chi connectivity index (χ1) is 11.5. The SMILES string of the molecule is CCc1c(O)nc(SCC(=O)NC)n(-c2ccccc2OC)c1=O. The molecule has 0 saturated heterocycles. The molecule has 0 aliphatic heterocycles. The summed E-state index contributed by atoms with van der Waals surface area (Å²) in [4.78, 5) is 28.4. The third-order valence-corrected chi connectivity index (χ3v) is 4.35. The molecule has 2 rings (SSSR count). The van der Waals surface area contributed by atoms with Crippen LogP contribution < -0.4 is 15.6 Å². The number of carbonyl (C=O) groups is 1. The molecule has 0 atom stereocenters. The molecule has 2 aromatic rings. The van der Waals surface area contributed by atoms with E-state index in [2.05, 4.69) is 10.3 Å². The third-order valence-electron chi connectivity index (χ3n) is 3.41. The molecule has 1 aromatic carbocycles. The van der Waals surface area contributed by atoms with E-state index in [4.69, 9.17) is 4.74 Å². The number of nitrogens with one attached hydrogen (secondary N) is 1. The van der Waals surface area contributed by atoms with E-state index in [1.807, 2.05) is 0 Å². The summed E-state index contributed by atoms with van der Waals surface area (Å²) in [5, 5.41) is 12.8. The van der Waals surface area contributed by atoms with Gasteiger partial charge >= 0.3 is 0 Å². The Labute approximate surface area is 143 Å². The topological polar surface area (TPSA) is 93.5 Å². The van der Waals surface area contributed by atoms with Crippen LogP contribution in [0.1, 0.15) is 12.5 Å². The van der Waals surface area contributed by atoms with Crippen LogP contribution in [-0.2, 0) is 11.2 Å². The van der Waals surface area contributed by atoms with Crippen molar-refractivity contribution in [1.82, 2.24) is 14.9 Å². The Kier molecular flexibility index (Phi) is 5.86. The summed E-state index contributed by atoms with van der Waals surface area (Å²) in [6, 6.07) is 7.02. The number of hydrogen-bond donors (Lipinski definition) is 2. The number of aromatic hydroxyl groups is 1. The van der Waals surface area contributed by atoms with Gasteiger partial charge in [0.25, 0.3) is 5.56 Å². The maximum Gasteiger partial charge on any atom is 0.265 e. The Morgan fingerprint density at radius 1 is 1.42 bits per heavy atom. The van der Waals surface area contributed by atoms with E-state index in [0.717, 1.165) is 11.8 Å². The van der Waals surface area contributed by atoms with Crippen LogP contribution in [0.4, 0.5) is 0 Å². The fraction of sp³-hybridized carbons (Fsp3) is 0.312. The highest BCUT2D eigenvalue weighted by atomic mass is 32.2. The quantitative estimate of drug-likeness (QED) is 0.604. The van der Waals surface area contributed by atoms with Crippen molar-refractivity contribution < 1.29 is 14.6 Å². The molecule has 0 bridgehead atoms. The number of amides is 1. The zero-order valence-corrected chi connectivity index (χ0v) is 14.5. The van der Waals surface area contributed by atoms with Crippen LogP contribution in [0.5, 0.6) is 11.6 Å². The van der Waals surface area contributed by atoms with E-state index < -0.39 is 0 Å². The number of rotatable bonds is 6. The number of aromatic nitrogens is 2. The molecule has 24 heavy (non-hydrogen) atoms. The first-order valence-electron chi connectivity index (χ1n) is 7.35. The molecule has 128 valence electrons. The second-order valence-electron chi connectivity index (χ2n) is 4.82. The second-order valence-corrected chi connectivity index (χ2v) is 5.77. The molecule has 0 saturated carbocycles. The Morgan fingerprint density at radius 3 is 2.75 bits per heavy atom. The van der Waals surface area contributed by atoms with Gasteiger partial charge in [-0.1, -0.05) is 30.8 Å². The highest BCUT2D eigenvalue weighted by Crippen LogP contribution is 2.27. The average molecular weight is 349 g/mol. The van der Waals surface area contributed by atoms with Crippen molar-refractivity contribution in [2.75, 3.05) is 19.9 Å². The standard InChI is InChI=1S/C16H19N3O4S/c1-4-10-14(21)18-16(24-9-13(20)17-2)19(15(10)22)11-7-5-6-8-12(11)23-3/h5-8,21H,4,9H2,1-3H3,(H,17,20). The largest absolute Gasteiger partial charge is 0.495 e. The number of thioether (sulfide) groups is 1. The van der Waals surface area contributed by atoms with Gasteiger partial charge in [0.15, 0.2) is 5.16 Å². The minimum absolute atomic E-state index is 0.0724. The van der Waals surface area contributed by atoms with Gasteiger partial charge in [0, 0.05) is 7.05 Å². The number of hydrogen-bond acceptors (Lipinski definition) is 6. The zero-order chi connectivity index (χ0) is 17.7. The Bertz CT molecular complexity index is 804. The predicted molar refractivity (Wildman–Crippen MR) is 92.2 cm³/mol. The van der Waals surface area contributed by atoms with Crippen LogP contribution in [0.3, 0.4) is 0 Å².